The fourth-order valence-electron chi connectivity index (χ4n) is 2.90. The van der Waals surface area contributed by atoms with E-state index in [1.807, 2.05) is 41.1 Å². The number of hydrogen-bond acceptors (Lipinski definition) is 8. The second kappa shape index (κ2) is 7.69. The Morgan fingerprint density at radius 3 is 2.83 bits per heavy atom. The Labute approximate surface area is 174 Å². The molecule has 1 amide bonds. The highest BCUT2D eigenvalue weighted by molar-refractivity contribution is 7.14. The zero-order valence-electron chi connectivity index (χ0n) is 15.1. The lowest BCUT2D eigenvalue weighted by molar-refractivity contribution is -0.115. The Hall–Kier alpha value is -3.17. The number of carbonyl (C=O) groups is 1. The largest absolute Gasteiger partial charge is 0.486 e. The number of aromatic nitrogens is 2. The molecule has 5 rings (SSSR count). The van der Waals surface area contributed by atoms with Crippen molar-refractivity contribution in [2.75, 3.05) is 18.5 Å². The lowest BCUT2D eigenvalue weighted by atomic mass is 10.1. The van der Waals surface area contributed by atoms with E-state index in [1.54, 1.807) is 6.26 Å². The summed E-state index contributed by atoms with van der Waals surface area (Å²) in [5.41, 5.74) is 2.38. The number of ether oxygens (including phenoxy) is 2. The SMILES string of the molecule is O=C(Cc1csc(-c2ccco2)n1)Nc1nc(-c2ccc3c(c2)OCCO3)cs1. The topological polar surface area (TPSA) is 86.5 Å². The maximum absolute atomic E-state index is 12.4. The normalized spacial score (nSPS) is 12.7. The standard InChI is InChI=1S/C20H15N3O4S2/c24-18(9-13-10-28-19(21-13)16-2-1-5-25-16)23-20-22-14(11-29-20)12-3-4-15-17(8-12)27-7-6-26-15/h1-5,8,10-11H,6-7,9H2,(H,22,23,24). The number of hydrogen-bond donors (Lipinski definition) is 1. The van der Waals surface area contributed by atoms with Crippen LogP contribution in [0, 0.1) is 0 Å². The van der Waals surface area contributed by atoms with E-state index in [0.717, 1.165) is 22.0 Å². The molecule has 1 aliphatic heterocycles. The fourth-order valence-corrected chi connectivity index (χ4v) is 4.42. The molecule has 0 spiro atoms. The molecule has 29 heavy (non-hydrogen) atoms. The van der Waals surface area contributed by atoms with Crippen molar-refractivity contribution in [1.29, 1.82) is 0 Å². The van der Waals surface area contributed by atoms with E-state index in [2.05, 4.69) is 15.3 Å². The summed E-state index contributed by atoms with van der Waals surface area (Å²) < 4.78 is 16.5. The summed E-state index contributed by atoms with van der Waals surface area (Å²) in [6, 6.07) is 9.36. The van der Waals surface area contributed by atoms with Gasteiger partial charge in [0.05, 0.1) is 24.1 Å². The van der Waals surface area contributed by atoms with Gasteiger partial charge in [-0.1, -0.05) is 0 Å². The van der Waals surface area contributed by atoms with Crippen LogP contribution >= 0.6 is 22.7 Å². The number of anilines is 1. The Bertz CT molecular complexity index is 1150. The molecule has 0 fully saturated rings. The van der Waals surface area contributed by atoms with Gasteiger partial charge >= 0.3 is 0 Å². The number of carbonyl (C=O) groups excluding carboxylic acids is 1. The molecule has 0 saturated heterocycles. The predicted octanol–water partition coefficient (Wildman–Crippen LogP) is 4.48. The van der Waals surface area contributed by atoms with E-state index in [4.69, 9.17) is 13.9 Å². The minimum atomic E-state index is -0.163. The van der Waals surface area contributed by atoms with E-state index >= 15 is 0 Å². The van der Waals surface area contributed by atoms with Crippen LogP contribution in [0.4, 0.5) is 5.13 Å². The molecule has 4 heterocycles. The van der Waals surface area contributed by atoms with Crippen LogP contribution < -0.4 is 14.8 Å². The summed E-state index contributed by atoms with van der Waals surface area (Å²) in [6.45, 7) is 1.09. The Balaban J connectivity index is 1.25. The van der Waals surface area contributed by atoms with Gasteiger partial charge in [-0.25, -0.2) is 9.97 Å². The van der Waals surface area contributed by atoms with Gasteiger partial charge < -0.3 is 19.2 Å². The summed E-state index contributed by atoms with van der Waals surface area (Å²) in [6.07, 6.45) is 1.78. The van der Waals surface area contributed by atoms with E-state index < -0.39 is 0 Å². The van der Waals surface area contributed by atoms with Crippen molar-refractivity contribution < 1.29 is 18.7 Å². The molecular formula is C20H15N3O4S2. The van der Waals surface area contributed by atoms with Gasteiger partial charge in [-0.15, -0.1) is 22.7 Å². The minimum absolute atomic E-state index is 0.163. The van der Waals surface area contributed by atoms with Crippen molar-refractivity contribution in [2.24, 2.45) is 0 Å². The van der Waals surface area contributed by atoms with Crippen molar-refractivity contribution in [2.45, 2.75) is 6.42 Å². The predicted molar refractivity (Wildman–Crippen MR) is 111 cm³/mol. The highest BCUT2D eigenvalue weighted by Gasteiger charge is 2.15. The zero-order chi connectivity index (χ0) is 19.6. The van der Waals surface area contributed by atoms with E-state index in [0.29, 0.717) is 35.5 Å². The molecule has 0 unspecified atom stereocenters. The Morgan fingerprint density at radius 2 is 1.97 bits per heavy atom. The number of benzene rings is 1. The monoisotopic (exact) mass is 425 g/mol. The average Bonchev–Trinajstić information content (AvgIpc) is 3.49. The third-order valence-corrected chi connectivity index (χ3v) is 5.88. The zero-order valence-corrected chi connectivity index (χ0v) is 16.7. The summed E-state index contributed by atoms with van der Waals surface area (Å²) in [5.74, 6) is 1.99. The molecular weight excluding hydrogens is 410 g/mol. The smallest absolute Gasteiger partial charge is 0.232 e. The Kier molecular flexibility index (Phi) is 4.74. The molecule has 7 nitrogen and oxygen atoms in total. The summed E-state index contributed by atoms with van der Waals surface area (Å²) >= 11 is 2.82. The second-order valence-corrected chi connectivity index (χ2v) is 7.96. The highest BCUT2D eigenvalue weighted by Crippen LogP contribution is 2.35. The van der Waals surface area contributed by atoms with Gasteiger partial charge in [-0.3, -0.25) is 4.79 Å². The third kappa shape index (κ3) is 3.87. The lowest BCUT2D eigenvalue weighted by Gasteiger charge is -2.18. The number of furan rings is 1. The van der Waals surface area contributed by atoms with Crippen molar-refractivity contribution in [1.82, 2.24) is 9.97 Å². The first-order valence-electron chi connectivity index (χ1n) is 8.88. The van der Waals surface area contributed by atoms with Crippen LogP contribution in [0.2, 0.25) is 0 Å². The maximum Gasteiger partial charge on any atom is 0.232 e. The lowest BCUT2D eigenvalue weighted by Crippen LogP contribution is -2.15. The molecule has 0 atom stereocenters. The average molecular weight is 425 g/mol. The van der Waals surface area contributed by atoms with Gasteiger partial charge in [-0.2, -0.15) is 0 Å². The molecule has 0 saturated carbocycles. The van der Waals surface area contributed by atoms with Gasteiger partial charge in [0, 0.05) is 16.3 Å². The van der Waals surface area contributed by atoms with Crippen molar-refractivity contribution >= 4 is 33.7 Å². The number of amides is 1. The van der Waals surface area contributed by atoms with E-state index in [9.17, 15) is 4.79 Å². The minimum Gasteiger partial charge on any atom is -0.486 e. The van der Waals surface area contributed by atoms with Crippen LogP contribution in [0.25, 0.3) is 22.0 Å². The number of fused-ring (bicyclic) bond motifs is 1. The van der Waals surface area contributed by atoms with Crippen LogP contribution in [-0.2, 0) is 11.2 Å². The molecule has 1 N–H and O–H groups in total. The van der Waals surface area contributed by atoms with Crippen molar-refractivity contribution in [3.8, 4) is 33.5 Å². The molecule has 0 bridgehead atoms. The molecule has 1 aromatic carbocycles. The molecule has 9 heteroatoms. The third-order valence-electron chi connectivity index (χ3n) is 4.21. The first kappa shape index (κ1) is 17.9. The van der Waals surface area contributed by atoms with Crippen LogP contribution in [0.15, 0.2) is 51.8 Å². The van der Waals surface area contributed by atoms with Crippen LogP contribution in [0.3, 0.4) is 0 Å². The van der Waals surface area contributed by atoms with Gasteiger partial charge in [0.2, 0.25) is 5.91 Å². The first-order chi connectivity index (χ1) is 14.2. The van der Waals surface area contributed by atoms with Crippen molar-refractivity contribution in [3.63, 3.8) is 0 Å². The molecule has 3 aromatic heterocycles. The quantitative estimate of drug-likeness (QED) is 0.507. The van der Waals surface area contributed by atoms with Gasteiger partial charge in [0.1, 0.15) is 13.2 Å². The van der Waals surface area contributed by atoms with Crippen LogP contribution in [0.5, 0.6) is 11.5 Å². The number of thiazole rings is 2. The van der Waals surface area contributed by atoms with Crippen LogP contribution in [0.1, 0.15) is 5.69 Å². The summed E-state index contributed by atoms with van der Waals surface area (Å²) in [5, 5.41) is 7.90. The molecule has 4 aromatic rings. The number of rotatable bonds is 5. The fraction of sp³-hybridized carbons (Fsp3) is 0.150. The van der Waals surface area contributed by atoms with Crippen molar-refractivity contribution in [3.05, 3.63) is 53.0 Å². The van der Waals surface area contributed by atoms with Gasteiger partial charge in [0.25, 0.3) is 0 Å². The molecule has 1 aliphatic rings. The Morgan fingerprint density at radius 1 is 1.07 bits per heavy atom. The number of nitrogens with zero attached hydrogens (tertiary/aromatic N) is 2. The molecule has 0 aliphatic carbocycles. The summed E-state index contributed by atoms with van der Waals surface area (Å²) in [7, 11) is 0. The van der Waals surface area contributed by atoms with Gasteiger partial charge in [0.15, 0.2) is 27.4 Å². The number of nitrogens with one attached hydrogen (secondary N) is 1. The van der Waals surface area contributed by atoms with Gasteiger partial charge in [-0.05, 0) is 30.3 Å². The first-order valence-corrected chi connectivity index (χ1v) is 10.6. The maximum atomic E-state index is 12.4. The van der Waals surface area contributed by atoms with Crippen LogP contribution in [-0.4, -0.2) is 29.1 Å². The highest BCUT2D eigenvalue weighted by atomic mass is 32.1. The van der Waals surface area contributed by atoms with E-state index in [-0.39, 0.29) is 12.3 Å². The molecule has 0 radical (unpaired) electrons. The second-order valence-electron chi connectivity index (χ2n) is 6.24. The van der Waals surface area contributed by atoms with E-state index in [1.165, 1.54) is 22.7 Å². The summed E-state index contributed by atoms with van der Waals surface area (Å²) in [4.78, 5) is 21.3. The molecule has 146 valence electrons.